The van der Waals surface area contributed by atoms with E-state index >= 15 is 0 Å². The summed E-state index contributed by atoms with van der Waals surface area (Å²) in [5, 5.41) is 3.15. The smallest absolute Gasteiger partial charge is 0.229 e. The summed E-state index contributed by atoms with van der Waals surface area (Å²) in [7, 11) is 0. The first-order chi connectivity index (χ1) is 8.99. The minimum Gasteiger partial charge on any atom is -0.376 e. The summed E-state index contributed by atoms with van der Waals surface area (Å²) in [4.78, 5) is 14.1. The Morgan fingerprint density at radius 3 is 2.84 bits per heavy atom. The van der Waals surface area contributed by atoms with E-state index in [1.165, 1.54) is 5.56 Å². The highest BCUT2D eigenvalue weighted by Gasteiger charge is 2.24. The van der Waals surface area contributed by atoms with E-state index in [9.17, 15) is 4.79 Å². The number of benzene rings is 1. The number of hydrogen-bond donors (Lipinski definition) is 2. The van der Waals surface area contributed by atoms with Gasteiger partial charge in [0.1, 0.15) is 0 Å². The molecule has 102 valence electrons. The van der Waals surface area contributed by atoms with Crippen LogP contribution in [0.4, 0.5) is 11.4 Å². The molecule has 1 aliphatic rings. The predicted octanol–water partition coefficient (Wildman–Crippen LogP) is 2.28. The van der Waals surface area contributed by atoms with E-state index in [0.717, 1.165) is 30.8 Å². The van der Waals surface area contributed by atoms with Crippen LogP contribution in [-0.4, -0.2) is 17.6 Å². The van der Waals surface area contributed by atoms with E-state index in [1.807, 2.05) is 36.9 Å². The maximum Gasteiger partial charge on any atom is 0.229 e. The number of nitrogens with one attached hydrogen (secondary N) is 1. The Kier molecular flexibility index (Phi) is 4.04. The lowest BCUT2D eigenvalue weighted by Gasteiger charge is -2.31. The summed E-state index contributed by atoms with van der Waals surface area (Å²) in [5.74, 6) is 0.159. The van der Waals surface area contributed by atoms with Crippen molar-refractivity contribution in [2.24, 2.45) is 11.7 Å². The second kappa shape index (κ2) is 5.57. The molecule has 0 saturated carbocycles. The van der Waals surface area contributed by atoms with Gasteiger partial charge in [-0.05, 0) is 42.8 Å². The van der Waals surface area contributed by atoms with Crippen molar-refractivity contribution >= 4 is 34.6 Å². The van der Waals surface area contributed by atoms with E-state index in [2.05, 4.69) is 5.32 Å². The van der Waals surface area contributed by atoms with Crippen LogP contribution >= 0.6 is 12.2 Å². The van der Waals surface area contributed by atoms with Crippen LogP contribution < -0.4 is 16.0 Å². The number of anilines is 2. The number of nitrogens with two attached hydrogens (primary N) is 1. The summed E-state index contributed by atoms with van der Waals surface area (Å²) in [6.07, 6.45) is 2.01. The molecule has 1 aliphatic heterocycles. The van der Waals surface area contributed by atoms with Crippen molar-refractivity contribution in [2.45, 2.75) is 26.7 Å². The predicted molar refractivity (Wildman–Crippen MR) is 82.4 cm³/mol. The lowest BCUT2D eigenvalue weighted by atomic mass is 9.99. The first-order valence-corrected chi connectivity index (χ1v) is 6.90. The second-order valence-electron chi connectivity index (χ2n) is 5.08. The van der Waals surface area contributed by atoms with Crippen molar-refractivity contribution in [1.82, 2.24) is 0 Å². The number of fused-ring (bicyclic) bond motifs is 1. The maximum atomic E-state index is 12.2. The van der Waals surface area contributed by atoms with E-state index in [-0.39, 0.29) is 16.9 Å². The molecule has 4 nitrogen and oxygen atoms in total. The fraction of sp³-hybridized carbons (Fsp3) is 0.429. The van der Waals surface area contributed by atoms with E-state index in [0.29, 0.717) is 0 Å². The number of nitrogens with zero attached hydrogens (tertiary/aromatic N) is 1. The molecule has 0 atom stereocenters. The number of hydrogen-bond acceptors (Lipinski definition) is 2. The highest BCUT2D eigenvalue weighted by atomic mass is 32.1. The fourth-order valence-electron chi connectivity index (χ4n) is 2.34. The summed E-state index contributed by atoms with van der Waals surface area (Å²) >= 11 is 4.84. The highest BCUT2D eigenvalue weighted by molar-refractivity contribution is 7.80. The molecule has 0 fully saturated rings. The number of carbonyl (C=O) groups is 1. The van der Waals surface area contributed by atoms with E-state index in [4.69, 9.17) is 18.0 Å². The van der Waals surface area contributed by atoms with Gasteiger partial charge in [0.2, 0.25) is 5.91 Å². The number of rotatable bonds is 2. The first kappa shape index (κ1) is 13.8. The zero-order chi connectivity index (χ0) is 14.0. The monoisotopic (exact) mass is 277 g/mol. The van der Waals surface area contributed by atoms with Gasteiger partial charge in [0.05, 0.1) is 0 Å². The molecule has 0 radical (unpaired) electrons. The van der Waals surface area contributed by atoms with Crippen molar-refractivity contribution in [3.8, 4) is 0 Å². The Labute approximate surface area is 119 Å². The third-order valence-electron chi connectivity index (χ3n) is 3.23. The average molecular weight is 277 g/mol. The standard InChI is InChI=1S/C14H19N3OS/c1-9(2)13(18)17-7-3-4-10-5-6-11(8-12(10)17)16-14(15)19/h5-6,8-9H,3-4,7H2,1-2H3,(H3,15,16,19). The minimum atomic E-state index is -0.00171. The quantitative estimate of drug-likeness (QED) is 0.814. The Bertz CT molecular complexity index is 513. The molecule has 0 saturated heterocycles. The molecule has 2 rings (SSSR count). The number of thiocarbonyl (C=S) groups is 1. The Morgan fingerprint density at radius 2 is 2.21 bits per heavy atom. The van der Waals surface area contributed by atoms with Gasteiger partial charge in [-0.1, -0.05) is 19.9 Å². The van der Waals surface area contributed by atoms with Crippen molar-refractivity contribution < 1.29 is 4.79 Å². The zero-order valence-corrected chi connectivity index (χ0v) is 12.1. The van der Waals surface area contributed by atoms with Crippen molar-refractivity contribution in [3.05, 3.63) is 23.8 Å². The van der Waals surface area contributed by atoms with Gasteiger partial charge in [-0.2, -0.15) is 0 Å². The summed E-state index contributed by atoms with van der Waals surface area (Å²) < 4.78 is 0. The molecule has 1 aromatic carbocycles. The van der Waals surface area contributed by atoms with Gasteiger partial charge in [-0.15, -0.1) is 0 Å². The SMILES string of the molecule is CC(C)C(=O)N1CCCc2ccc(NC(N)=S)cc21. The average Bonchev–Trinajstić information content (AvgIpc) is 2.36. The van der Waals surface area contributed by atoms with Crippen LogP contribution in [0.3, 0.4) is 0 Å². The molecule has 0 unspecified atom stereocenters. The lowest BCUT2D eigenvalue weighted by Crippen LogP contribution is -2.38. The molecular formula is C14H19N3OS. The van der Waals surface area contributed by atoms with Crippen LogP contribution in [0.2, 0.25) is 0 Å². The van der Waals surface area contributed by atoms with Gasteiger partial charge < -0.3 is 16.0 Å². The van der Waals surface area contributed by atoms with Gasteiger partial charge in [0.25, 0.3) is 0 Å². The molecule has 1 heterocycles. The third kappa shape index (κ3) is 3.04. The maximum absolute atomic E-state index is 12.2. The summed E-state index contributed by atoms with van der Waals surface area (Å²) in [5.41, 5.74) is 8.49. The van der Waals surface area contributed by atoms with Crippen molar-refractivity contribution in [1.29, 1.82) is 0 Å². The van der Waals surface area contributed by atoms with E-state index < -0.39 is 0 Å². The molecule has 19 heavy (non-hydrogen) atoms. The molecule has 3 N–H and O–H groups in total. The molecule has 0 spiro atoms. The minimum absolute atomic E-state index is 0.00171. The van der Waals surface area contributed by atoms with Gasteiger partial charge in [0.15, 0.2) is 5.11 Å². The Balaban J connectivity index is 2.35. The third-order valence-corrected chi connectivity index (χ3v) is 3.33. The first-order valence-electron chi connectivity index (χ1n) is 6.50. The summed E-state index contributed by atoms with van der Waals surface area (Å²) in [6, 6.07) is 5.94. The number of aryl methyl sites for hydroxylation is 1. The van der Waals surface area contributed by atoms with Gasteiger partial charge in [-0.3, -0.25) is 4.79 Å². The molecule has 0 aromatic heterocycles. The van der Waals surface area contributed by atoms with Crippen LogP contribution in [0.5, 0.6) is 0 Å². The van der Waals surface area contributed by atoms with Gasteiger partial charge in [0, 0.05) is 23.8 Å². The van der Waals surface area contributed by atoms with Crippen LogP contribution in [-0.2, 0) is 11.2 Å². The van der Waals surface area contributed by atoms with E-state index in [1.54, 1.807) is 0 Å². The van der Waals surface area contributed by atoms with Crippen LogP contribution in [0.25, 0.3) is 0 Å². The van der Waals surface area contributed by atoms with Crippen LogP contribution in [0.1, 0.15) is 25.8 Å². The Morgan fingerprint density at radius 1 is 1.47 bits per heavy atom. The Hall–Kier alpha value is -1.62. The van der Waals surface area contributed by atoms with Crippen LogP contribution in [0.15, 0.2) is 18.2 Å². The second-order valence-corrected chi connectivity index (χ2v) is 5.52. The number of amides is 1. The van der Waals surface area contributed by atoms with Gasteiger partial charge in [-0.25, -0.2) is 0 Å². The molecule has 1 amide bonds. The molecular weight excluding hydrogens is 258 g/mol. The topological polar surface area (TPSA) is 58.4 Å². The molecule has 5 heteroatoms. The fourth-order valence-corrected chi connectivity index (χ4v) is 2.45. The normalized spacial score (nSPS) is 14.2. The molecule has 0 bridgehead atoms. The van der Waals surface area contributed by atoms with Gasteiger partial charge >= 0.3 is 0 Å². The largest absolute Gasteiger partial charge is 0.376 e. The number of carbonyl (C=O) groups excluding carboxylic acids is 1. The zero-order valence-electron chi connectivity index (χ0n) is 11.3. The van der Waals surface area contributed by atoms with Crippen LogP contribution in [0, 0.1) is 5.92 Å². The van der Waals surface area contributed by atoms with Crippen molar-refractivity contribution in [3.63, 3.8) is 0 Å². The molecule has 1 aromatic rings. The molecule has 0 aliphatic carbocycles. The lowest BCUT2D eigenvalue weighted by molar-refractivity contribution is -0.121. The highest BCUT2D eigenvalue weighted by Crippen LogP contribution is 2.31. The van der Waals surface area contributed by atoms with Crippen molar-refractivity contribution in [2.75, 3.05) is 16.8 Å². The summed E-state index contributed by atoms with van der Waals surface area (Å²) in [6.45, 7) is 4.63.